The van der Waals surface area contributed by atoms with E-state index < -0.39 is 0 Å². The first-order chi connectivity index (χ1) is 10.1. The number of fused-ring (bicyclic) bond motifs is 1. The number of nitrogens with two attached hydrogens (primary N) is 1. The molecule has 0 bridgehead atoms. The van der Waals surface area contributed by atoms with Gasteiger partial charge in [0.2, 0.25) is 5.95 Å². The Bertz CT molecular complexity index is 811. The van der Waals surface area contributed by atoms with E-state index in [2.05, 4.69) is 40.0 Å². The first-order valence-corrected chi connectivity index (χ1v) is 7.51. The van der Waals surface area contributed by atoms with Crippen LogP contribution in [0.1, 0.15) is 11.1 Å². The normalized spacial score (nSPS) is 11.2. The first kappa shape index (κ1) is 14.1. The van der Waals surface area contributed by atoms with Gasteiger partial charge in [-0.15, -0.1) is 0 Å². The Morgan fingerprint density at radius 2 is 2.05 bits per heavy atom. The molecule has 0 aliphatic rings. The number of aromatic nitrogens is 2. The highest BCUT2D eigenvalue weighted by Gasteiger charge is 2.11. The zero-order valence-electron chi connectivity index (χ0n) is 11.6. The standard InChI is InChI=1S/C16H15BrFN3/c1-10-4-2-3-5-11(10)6-7-21-15-9-13(18)12(17)8-14(15)20-16(21)19/h2-5,8-9H,6-7H2,1H3,(H2,19,20). The van der Waals surface area contributed by atoms with E-state index in [1.54, 1.807) is 6.07 Å². The Labute approximate surface area is 130 Å². The number of rotatable bonds is 3. The van der Waals surface area contributed by atoms with Gasteiger partial charge >= 0.3 is 0 Å². The molecule has 2 aromatic carbocycles. The lowest BCUT2D eigenvalue weighted by molar-refractivity contribution is 0.621. The van der Waals surface area contributed by atoms with Crippen molar-refractivity contribution in [2.24, 2.45) is 0 Å². The van der Waals surface area contributed by atoms with Gasteiger partial charge in [0.1, 0.15) is 5.82 Å². The fraction of sp³-hybridized carbons (Fsp3) is 0.188. The Morgan fingerprint density at radius 3 is 2.81 bits per heavy atom. The van der Waals surface area contributed by atoms with Gasteiger partial charge in [0.25, 0.3) is 0 Å². The molecule has 0 aliphatic carbocycles. The average Bonchev–Trinajstić information content (AvgIpc) is 2.74. The summed E-state index contributed by atoms with van der Waals surface area (Å²) < 4.78 is 16.0. The van der Waals surface area contributed by atoms with Crippen molar-refractivity contribution in [1.29, 1.82) is 0 Å². The molecule has 0 amide bonds. The van der Waals surface area contributed by atoms with E-state index >= 15 is 0 Å². The third-order valence-corrected chi connectivity index (χ3v) is 4.29. The third kappa shape index (κ3) is 2.65. The molecule has 0 fully saturated rings. The zero-order chi connectivity index (χ0) is 15.0. The maximum absolute atomic E-state index is 13.7. The molecular formula is C16H15BrFN3. The lowest BCUT2D eigenvalue weighted by Crippen LogP contribution is -2.06. The summed E-state index contributed by atoms with van der Waals surface area (Å²) in [6.07, 6.45) is 0.833. The van der Waals surface area contributed by atoms with Crippen molar-refractivity contribution >= 4 is 32.9 Å². The summed E-state index contributed by atoms with van der Waals surface area (Å²) in [5.41, 5.74) is 9.90. The summed E-state index contributed by atoms with van der Waals surface area (Å²) in [7, 11) is 0. The number of anilines is 1. The molecular weight excluding hydrogens is 333 g/mol. The van der Waals surface area contributed by atoms with E-state index in [0.717, 1.165) is 11.9 Å². The van der Waals surface area contributed by atoms with Gasteiger partial charge in [0.15, 0.2) is 0 Å². The van der Waals surface area contributed by atoms with Crippen LogP contribution in [0.4, 0.5) is 10.3 Å². The minimum absolute atomic E-state index is 0.306. The monoisotopic (exact) mass is 347 g/mol. The first-order valence-electron chi connectivity index (χ1n) is 6.71. The van der Waals surface area contributed by atoms with Crippen molar-refractivity contribution in [3.8, 4) is 0 Å². The second-order valence-corrected chi connectivity index (χ2v) is 5.91. The Kier molecular flexibility index (Phi) is 3.68. The van der Waals surface area contributed by atoms with Gasteiger partial charge in [-0.2, -0.15) is 0 Å². The summed E-state index contributed by atoms with van der Waals surface area (Å²) in [5, 5.41) is 0. The van der Waals surface area contributed by atoms with Crippen LogP contribution in [-0.4, -0.2) is 9.55 Å². The van der Waals surface area contributed by atoms with Crippen molar-refractivity contribution in [3.63, 3.8) is 0 Å². The minimum Gasteiger partial charge on any atom is -0.369 e. The predicted molar refractivity (Wildman–Crippen MR) is 86.7 cm³/mol. The highest BCUT2D eigenvalue weighted by Crippen LogP contribution is 2.25. The van der Waals surface area contributed by atoms with E-state index in [9.17, 15) is 4.39 Å². The van der Waals surface area contributed by atoms with Gasteiger partial charge in [-0.25, -0.2) is 9.37 Å². The number of benzene rings is 2. The summed E-state index contributed by atoms with van der Waals surface area (Å²) in [6, 6.07) is 11.4. The lowest BCUT2D eigenvalue weighted by Gasteiger charge is -2.09. The minimum atomic E-state index is -0.306. The fourth-order valence-electron chi connectivity index (χ4n) is 2.50. The quantitative estimate of drug-likeness (QED) is 0.775. The summed E-state index contributed by atoms with van der Waals surface area (Å²) in [4.78, 5) is 4.29. The van der Waals surface area contributed by atoms with E-state index in [1.165, 1.54) is 17.2 Å². The molecule has 0 atom stereocenters. The summed E-state index contributed by atoms with van der Waals surface area (Å²) in [5.74, 6) is 0.107. The molecule has 0 radical (unpaired) electrons. The van der Waals surface area contributed by atoms with Crippen LogP contribution in [-0.2, 0) is 13.0 Å². The second-order valence-electron chi connectivity index (χ2n) is 5.05. The number of hydrogen-bond donors (Lipinski definition) is 1. The molecule has 0 saturated carbocycles. The zero-order valence-corrected chi connectivity index (χ0v) is 13.2. The topological polar surface area (TPSA) is 43.8 Å². The van der Waals surface area contributed by atoms with E-state index in [-0.39, 0.29) is 5.82 Å². The highest BCUT2D eigenvalue weighted by atomic mass is 79.9. The Morgan fingerprint density at radius 1 is 1.29 bits per heavy atom. The number of nitrogen functional groups attached to an aromatic ring is 1. The molecule has 1 heterocycles. The van der Waals surface area contributed by atoms with Gasteiger partial charge in [-0.05, 0) is 46.5 Å². The van der Waals surface area contributed by atoms with Crippen LogP contribution in [0.15, 0.2) is 40.9 Å². The molecule has 0 saturated heterocycles. The smallest absolute Gasteiger partial charge is 0.201 e. The number of halogens is 2. The van der Waals surface area contributed by atoms with Crippen LogP contribution >= 0.6 is 15.9 Å². The SMILES string of the molecule is Cc1ccccc1CCn1c(N)nc2cc(Br)c(F)cc21. The van der Waals surface area contributed by atoms with Gasteiger partial charge in [-0.3, -0.25) is 0 Å². The van der Waals surface area contributed by atoms with E-state index in [1.807, 2.05) is 16.7 Å². The molecule has 3 rings (SSSR count). The van der Waals surface area contributed by atoms with Crippen molar-refractivity contribution in [3.05, 3.63) is 57.8 Å². The molecule has 0 unspecified atom stereocenters. The summed E-state index contributed by atoms with van der Waals surface area (Å²) in [6.45, 7) is 2.76. The van der Waals surface area contributed by atoms with Crippen LogP contribution in [0.5, 0.6) is 0 Å². The molecule has 0 spiro atoms. The second kappa shape index (κ2) is 5.48. The van der Waals surface area contributed by atoms with Crippen molar-refractivity contribution in [2.45, 2.75) is 19.9 Å². The number of aryl methyl sites for hydroxylation is 3. The maximum atomic E-state index is 13.7. The number of imidazole rings is 1. The molecule has 3 nitrogen and oxygen atoms in total. The van der Waals surface area contributed by atoms with Crippen molar-refractivity contribution in [2.75, 3.05) is 5.73 Å². The van der Waals surface area contributed by atoms with Crippen LogP contribution in [0.2, 0.25) is 0 Å². The van der Waals surface area contributed by atoms with Crippen LogP contribution in [0.25, 0.3) is 11.0 Å². The van der Waals surface area contributed by atoms with E-state index in [4.69, 9.17) is 5.73 Å². The number of hydrogen-bond acceptors (Lipinski definition) is 2. The predicted octanol–water partition coefficient (Wildman–Crippen LogP) is 4.07. The van der Waals surface area contributed by atoms with Crippen LogP contribution in [0, 0.1) is 12.7 Å². The van der Waals surface area contributed by atoms with Crippen molar-refractivity contribution in [1.82, 2.24) is 9.55 Å². The largest absolute Gasteiger partial charge is 0.369 e. The van der Waals surface area contributed by atoms with E-state index in [0.29, 0.717) is 22.5 Å². The molecule has 21 heavy (non-hydrogen) atoms. The van der Waals surface area contributed by atoms with Crippen LogP contribution < -0.4 is 5.73 Å². The van der Waals surface area contributed by atoms with Gasteiger partial charge in [-0.1, -0.05) is 24.3 Å². The molecule has 1 aromatic heterocycles. The Balaban J connectivity index is 1.95. The lowest BCUT2D eigenvalue weighted by atomic mass is 10.1. The molecule has 0 aliphatic heterocycles. The molecule has 108 valence electrons. The molecule has 5 heteroatoms. The fourth-order valence-corrected chi connectivity index (χ4v) is 2.83. The Hall–Kier alpha value is -1.88. The van der Waals surface area contributed by atoms with Gasteiger partial charge in [0.05, 0.1) is 15.5 Å². The van der Waals surface area contributed by atoms with Crippen molar-refractivity contribution < 1.29 is 4.39 Å². The molecule has 2 N–H and O–H groups in total. The highest BCUT2D eigenvalue weighted by molar-refractivity contribution is 9.10. The summed E-state index contributed by atoms with van der Waals surface area (Å²) >= 11 is 3.17. The number of nitrogens with zero attached hydrogens (tertiary/aromatic N) is 2. The van der Waals surface area contributed by atoms with Crippen LogP contribution in [0.3, 0.4) is 0 Å². The third-order valence-electron chi connectivity index (χ3n) is 3.69. The van der Waals surface area contributed by atoms with Gasteiger partial charge in [0, 0.05) is 12.6 Å². The molecule has 3 aromatic rings. The average molecular weight is 348 g/mol. The van der Waals surface area contributed by atoms with Gasteiger partial charge < -0.3 is 10.3 Å². The maximum Gasteiger partial charge on any atom is 0.201 e.